The van der Waals surface area contributed by atoms with Gasteiger partial charge in [-0.3, -0.25) is 0 Å². The van der Waals surface area contributed by atoms with Crippen LogP contribution >= 0.6 is 11.3 Å². The summed E-state index contributed by atoms with van der Waals surface area (Å²) in [5.41, 5.74) is 8.63. The van der Waals surface area contributed by atoms with E-state index >= 15 is 0 Å². The number of hydrogen-bond acceptors (Lipinski definition) is 6. The Kier molecular flexibility index (Phi) is 3.58. The molecule has 0 saturated carbocycles. The largest absolute Gasteiger partial charge is 0.332 e. The molecule has 1 aromatic carbocycles. The first kappa shape index (κ1) is 13.0. The van der Waals surface area contributed by atoms with Gasteiger partial charge in [-0.05, 0) is 12.5 Å². The van der Waals surface area contributed by atoms with E-state index in [9.17, 15) is 0 Å². The highest BCUT2D eigenvalue weighted by atomic mass is 32.1. The molecule has 0 aliphatic heterocycles. The minimum absolute atomic E-state index is 0.426. The quantitative estimate of drug-likeness (QED) is 0.797. The van der Waals surface area contributed by atoms with Crippen molar-refractivity contribution >= 4 is 11.3 Å². The molecular weight excluding hydrogens is 272 g/mol. The van der Waals surface area contributed by atoms with E-state index in [-0.39, 0.29) is 0 Å². The number of aromatic nitrogens is 3. The zero-order valence-electron chi connectivity index (χ0n) is 11.0. The fourth-order valence-electron chi connectivity index (χ4n) is 1.82. The summed E-state index contributed by atoms with van der Waals surface area (Å²) >= 11 is 1.50. The number of aryl methyl sites for hydroxylation is 1. The van der Waals surface area contributed by atoms with Crippen LogP contribution in [0.3, 0.4) is 0 Å². The topological polar surface area (TPSA) is 77.8 Å². The maximum Gasteiger partial charge on any atom is 0.277 e. The van der Waals surface area contributed by atoms with Gasteiger partial charge in [-0.25, -0.2) is 4.98 Å². The lowest BCUT2D eigenvalue weighted by Crippen LogP contribution is -1.94. The standard InChI is InChI=1S/C14H14N4OS/c1-9-2-4-10(5-3-9)6-12-17-14(19-18-12)11-8-20-13(7-15)16-11/h2-5,8H,6-7,15H2,1H3. The number of benzene rings is 1. The molecule has 2 heterocycles. The monoisotopic (exact) mass is 286 g/mol. The number of nitrogens with zero attached hydrogens (tertiary/aromatic N) is 3. The lowest BCUT2D eigenvalue weighted by molar-refractivity contribution is 0.423. The third kappa shape index (κ3) is 2.76. The highest BCUT2D eigenvalue weighted by Crippen LogP contribution is 2.20. The van der Waals surface area contributed by atoms with Gasteiger partial charge in [-0.1, -0.05) is 35.0 Å². The van der Waals surface area contributed by atoms with Crippen molar-refractivity contribution in [3.05, 3.63) is 51.6 Å². The molecule has 0 spiro atoms. The van der Waals surface area contributed by atoms with Crippen LogP contribution in [-0.2, 0) is 13.0 Å². The highest BCUT2D eigenvalue weighted by Gasteiger charge is 2.12. The Morgan fingerprint density at radius 1 is 1.20 bits per heavy atom. The van der Waals surface area contributed by atoms with Crippen molar-refractivity contribution < 1.29 is 4.52 Å². The van der Waals surface area contributed by atoms with Crippen LogP contribution in [0, 0.1) is 6.92 Å². The van der Waals surface area contributed by atoms with E-state index in [1.54, 1.807) is 0 Å². The van der Waals surface area contributed by atoms with Gasteiger partial charge in [0.05, 0.1) is 0 Å². The first-order valence-electron chi connectivity index (χ1n) is 6.27. The van der Waals surface area contributed by atoms with Crippen LogP contribution in [0.1, 0.15) is 22.0 Å². The molecule has 6 heteroatoms. The van der Waals surface area contributed by atoms with E-state index in [2.05, 4.69) is 46.3 Å². The van der Waals surface area contributed by atoms with Crippen LogP contribution in [0.15, 0.2) is 34.2 Å². The fourth-order valence-corrected chi connectivity index (χ4v) is 2.47. The van der Waals surface area contributed by atoms with Gasteiger partial charge in [-0.2, -0.15) is 4.98 Å². The van der Waals surface area contributed by atoms with Crippen LogP contribution in [0.4, 0.5) is 0 Å². The molecule has 5 nitrogen and oxygen atoms in total. The van der Waals surface area contributed by atoms with Crippen molar-refractivity contribution in [2.24, 2.45) is 5.73 Å². The molecule has 0 bridgehead atoms. The van der Waals surface area contributed by atoms with Gasteiger partial charge < -0.3 is 10.3 Å². The van der Waals surface area contributed by atoms with Crippen molar-refractivity contribution in [3.8, 4) is 11.6 Å². The summed E-state index contributed by atoms with van der Waals surface area (Å²) in [7, 11) is 0. The normalized spacial score (nSPS) is 10.9. The lowest BCUT2D eigenvalue weighted by Gasteiger charge is -1.96. The van der Waals surface area contributed by atoms with Gasteiger partial charge in [0, 0.05) is 18.3 Å². The molecule has 2 aromatic heterocycles. The first-order valence-corrected chi connectivity index (χ1v) is 7.15. The summed E-state index contributed by atoms with van der Waals surface area (Å²) in [6.45, 7) is 2.49. The molecule has 102 valence electrons. The Labute approximate surface area is 120 Å². The van der Waals surface area contributed by atoms with Crippen molar-refractivity contribution in [1.82, 2.24) is 15.1 Å². The molecule has 0 atom stereocenters. The van der Waals surface area contributed by atoms with E-state index < -0.39 is 0 Å². The molecule has 0 aliphatic rings. The summed E-state index contributed by atoms with van der Waals surface area (Å²) in [6, 6.07) is 8.29. The smallest absolute Gasteiger partial charge is 0.277 e. The van der Waals surface area contributed by atoms with Crippen molar-refractivity contribution in [1.29, 1.82) is 0 Å². The van der Waals surface area contributed by atoms with E-state index in [1.165, 1.54) is 16.9 Å². The second-order valence-electron chi connectivity index (χ2n) is 4.51. The third-order valence-electron chi connectivity index (χ3n) is 2.90. The number of nitrogens with two attached hydrogens (primary N) is 1. The minimum atomic E-state index is 0.426. The Morgan fingerprint density at radius 2 is 2.00 bits per heavy atom. The zero-order chi connectivity index (χ0) is 13.9. The van der Waals surface area contributed by atoms with Crippen molar-refractivity contribution in [3.63, 3.8) is 0 Å². The average molecular weight is 286 g/mol. The van der Waals surface area contributed by atoms with Crippen molar-refractivity contribution in [2.75, 3.05) is 0 Å². The maximum absolute atomic E-state index is 5.54. The molecule has 0 fully saturated rings. The SMILES string of the molecule is Cc1ccc(Cc2noc(-c3csc(CN)n3)n2)cc1. The third-order valence-corrected chi connectivity index (χ3v) is 3.77. The Morgan fingerprint density at radius 3 is 2.70 bits per heavy atom. The average Bonchev–Trinajstić information content (AvgIpc) is 3.10. The summed E-state index contributed by atoms with van der Waals surface area (Å²) in [5.74, 6) is 1.11. The summed E-state index contributed by atoms with van der Waals surface area (Å²) in [4.78, 5) is 8.70. The van der Waals surface area contributed by atoms with Crippen LogP contribution in [0.25, 0.3) is 11.6 Å². The second-order valence-corrected chi connectivity index (χ2v) is 5.45. The minimum Gasteiger partial charge on any atom is -0.332 e. The second kappa shape index (κ2) is 5.52. The molecule has 0 radical (unpaired) electrons. The van der Waals surface area contributed by atoms with Crippen LogP contribution < -0.4 is 5.73 Å². The Bertz CT molecular complexity index is 702. The zero-order valence-corrected chi connectivity index (χ0v) is 11.9. The van der Waals surface area contributed by atoms with Crippen LogP contribution in [0.5, 0.6) is 0 Å². The predicted octanol–water partition coefficient (Wildman–Crippen LogP) is 2.55. The van der Waals surface area contributed by atoms with E-state index in [4.69, 9.17) is 10.3 Å². The predicted molar refractivity (Wildman–Crippen MR) is 77.3 cm³/mol. The maximum atomic E-state index is 5.54. The molecule has 0 unspecified atom stereocenters. The fraction of sp³-hybridized carbons (Fsp3) is 0.214. The lowest BCUT2D eigenvalue weighted by atomic mass is 10.1. The Hall–Kier alpha value is -2.05. The number of hydrogen-bond donors (Lipinski definition) is 1. The summed E-state index contributed by atoms with van der Waals surface area (Å²) < 4.78 is 5.25. The molecular formula is C14H14N4OS. The van der Waals surface area contributed by atoms with E-state index in [0.29, 0.717) is 30.4 Å². The van der Waals surface area contributed by atoms with Gasteiger partial charge in [0.1, 0.15) is 10.7 Å². The molecule has 20 heavy (non-hydrogen) atoms. The Balaban J connectivity index is 1.78. The molecule has 0 saturated heterocycles. The van der Waals surface area contributed by atoms with Gasteiger partial charge in [-0.15, -0.1) is 11.3 Å². The van der Waals surface area contributed by atoms with Crippen LogP contribution in [0.2, 0.25) is 0 Å². The number of rotatable bonds is 4. The number of thiazole rings is 1. The summed E-state index contributed by atoms with van der Waals surface area (Å²) in [6.07, 6.45) is 0.650. The first-order chi connectivity index (χ1) is 9.74. The molecule has 3 aromatic rings. The van der Waals surface area contributed by atoms with Gasteiger partial charge in [0.15, 0.2) is 5.82 Å². The molecule has 2 N–H and O–H groups in total. The molecule has 3 rings (SSSR count). The van der Waals surface area contributed by atoms with E-state index in [0.717, 1.165) is 10.6 Å². The van der Waals surface area contributed by atoms with Crippen LogP contribution in [-0.4, -0.2) is 15.1 Å². The van der Waals surface area contributed by atoms with Gasteiger partial charge in [0.25, 0.3) is 5.89 Å². The molecule has 0 amide bonds. The van der Waals surface area contributed by atoms with E-state index in [1.807, 2.05) is 5.38 Å². The summed E-state index contributed by atoms with van der Waals surface area (Å²) in [5, 5.41) is 6.73. The van der Waals surface area contributed by atoms with Crippen molar-refractivity contribution in [2.45, 2.75) is 19.9 Å². The van der Waals surface area contributed by atoms with Gasteiger partial charge >= 0.3 is 0 Å². The highest BCUT2D eigenvalue weighted by molar-refractivity contribution is 7.09. The van der Waals surface area contributed by atoms with Gasteiger partial charge in [0.2, 0.25) is 0 Å². The molecule has 0 aliphatic carbocycles.